The second-order valence-corrected chi connectivity index (χ2v) is 5.83. The Bertz CT molecular complexity index is 655. The minimum atomic E-state index is -0.420. The summed E-state index contributed by atoms with van der Waals surface area (Å²) in [6.45, 7) is 1.05. The van der Waals surface area contributed by atoms with E-state index in [9.17, 15) is 9.90 Å². The lowest BCUT2D eigenvalue weighted by molar-refractivity contribution is -0.122. The van der Waals surface area contributed by atoms with Crippen molar-refractivity contribution < 1.29 is 9.90 Å². The molecule has 4 N–H and O–H groups in total. The minimum absolute atomic E-state index is 0.0515. The van der Waals surface area contributed by atoms with E-state index in [4.69, 9.17) is 11.6 Å². The number of H-pyrrole nitrogens is 1. The van der Waals surface area contributed by atoms with Crippen molar-refractivity contribution in [1.29, 1.82) is 0 Å². The summed E-state index contributed by atoms with van der Waals surface area (Å²) in [5.41, 5.74) is 2.17. The summed E-state index contributed by atoms with van der Waals surface area (Å²) in [5, 5.41) is 17.1. The molecule has 2 aromatic rings. The maximum Gasteiger partial charge on any atom is 0.237 e. The first kappa shape index (κ1) is 14.4. The topological polar surface area (TPSA) is 77.2 Å². The van der Waals surface area contributed by atoms with Crippen molar-refractivity contribution in [3.8, 4) is 0 Å². The van der Waals surface area contributed by atoms with Gasteiger partial charge in [-0.15, -0.1) is 0 Å². The molecule has 21 heavy (non-hydrogen) atoms. The van der Waals surface area contributed by atoms with Crippen LogP contribution in [-0.4, -0.2) is 41.2 Å². The molecule has 0 bridgehead atoms. The number of carbonyl (C=O) groups excluding carboxylic acids is 1. The van der Waals surface area contributed by atoms with Crippen LogP contribution in [0.3, 0.4) is 0 Å². The Kier molecular flexibility index (Phi) is 4.14. The maximum absolute atomic E-state index is 11.9. The summed E-state index contributed by atoms with van der Waals surface area (Å²) in [4.78, 5) is 15.1. The Labute approximate surface area is 127 Å². The van der Waals surface area contributed by atoms with E-state index in [1.165, 1.54) is 0 Å². The Morgan fingerprint density at radius 2 is 2.33 bits per heavy atom. The number of aliphatic hydroxyl groups excluding tert-OH is 1. The van der Waals surface area contributed by atoms with Crippen molar-refractivity contribution in [2.24, 2.45) is 0 Å². The van der Waals surface area contributed by atoms with Gasteiger partial charge < -0.3 is 20.7 Å². The number of nitrogens with one attached hydrogen (secondary N) is 3. The van der Waals surface area contributed by atoms with Crippen molar-refractivity contribution in [3.05, 3.63) is 35.0 Å². The smallest absolute Gasteiger partial charge is 0.237 e. The lowest BCUT2D eigenvalue weighted by Gasteiger charge is -2.10. The lowest BCUT2D eigenvalue weighted by Crippen LogP contribution is -2.41. The molecule has 1 aliphatic rings. The molecule has 1 aromatic heterocycles. The Morgan fingerprint density at radius 3 is 3.10 bits per heavy atom. The molecule has 5 nitrogen and oxygen atoms in total. The minimum Gasteiger partial charge on any atom is -0.392 e. The molecule has 6 heteroatoms. The van der Waals surface area contributed by atoms with Gasteiger partial charge in [-0.05, 0) is 36.6 Å². The standard InChI is InChI=1S/C15H18ClN3O2/c16-10-1-2-13-12(5-10)9(7-18-13)3-4-17-15(21)14-6-11(20)8-19-14/h1-2,5,7,11,14,18-20H,3-4,6,8H2,(H,17,21). The van der Waals surface area contributed by atoms with E-state index < -0.39 is 6.10 Å². The van der Waals surface area contributed by atoms with Crippen LogP contribution < -0.4 is 10.6 Å². The molecule has 2 heterocycles. The molecule has 0 spiro atoms. The highest BCUT2D eigenvalue weighted by Gasteiger charge is 2.27. The van der Waals surface area contributed by atoms with Gasteiger partial charge in [-0.3, -0.25) is 4.79 Å². The Hall–Kier alpha value is -1.56. The van der Waals surface area contributed by atoms with Crippen molar-refractivity contribution in [3.63, 3.8) is 0 Å². The van der Waals surface area contributed by atoms with Gasteiger partial charge in [0, 0.05) is 35.2 Å². The van der Waals surface area contributed by atoms with E-state index in [0.29, 0.717) is 24.5 Å². The van der Waals surface area contributed by atoms with Crippen LogP contribution in [0.1, 0.15) is 12.0 Å². The highest BCUT2D eigenvalue weighted by atomic mass is 35.5. The first-order valence-corrected chi connectivity index (χ1v) is 7.46. The first-order chi connectivity index (χ1) is 10.1. The van der Waals surface area contributed by atoms with Gasteiger partial charge in [-0.2, -0.15) is 0 Å². The van der Waals surface area contributed by atoms with Crippen LogP contribution in [0.2, 0.25) is 5.02 Å². The molecule has 1 aliphatic heterocycles. The van der Waals surface area contributed by atoms with Crippen molar-refractivity contribution in [2.45, 2.75) is 25.0 Å². The van der Waals surface area contributed by atoms with Crippen LogP contribution in [0, 0.1) is 0 Å². The normalized spacial score (nSPS) is 21.8. The predicted molar refractivity (Wildman–Crippen MR) is 82.4 cm³/mol. The number of aromatic amines is 1. The number of β-amino-alcohol motifs (C(OH)–C–C–N with tert-alkyl or cyclic N) is 1. The van der Waals surface area contributed by atoms with Crippen molar-refractivity contribution in [1.82, 2.24) is 15.6 Å². The number of hydrogen-bond acceptors (Lipinski definition) is 3. The van der Waals surface area contributed by atoms with Gasteiger partial charge in [0.05, 0.1) is 12.1 Å². The number of carbonyl (C=O) groups is 1. The molecular formula is C15H18ClN3O2. The van der Waals surface area contributed by atoms with Crippen LogP contribution in [-0.2, 0) is 11.2 Å². The van der Waals surface area contributed by atoms with Gasteiger partial charge in [-0.25, -0.2) is 0 Å². The van der Waals surface area contributed by atoms with Crippen LogP contribution in [0.15, 0.2) is 24.4 Å². The fourth-order valence-electron chi connectivity index (χ4n) is 2.72. The fraction of sp³-hybridized carbons (Fsp3) is 0.400. The summed E-state index contributed by atoms with van der Waals surface area (Å²) in [6.07, 6.45) is 2.75. The molecule has 2 unspecified atom stereocenters. The van der Waals surface area contributed by atoms with E-state index in [-0.39, 0.29) is 11.9 Å². The van der Waals surface area contributed by atoms with Gasteiger partial charge in [-0.1, -0.05) is 11.6 Å². The number of benzene rings is 1. The lowest BCUT2D eigenvalue weighted by atomic mass is 10.1. The molecule has 2 atom stereocenters. The number of hydrogen-bond donors (Lipinski definition) is 4. The maximum atomic E-state index is 11.9. The largest absolute Gasteiger partial charge is 0.392 e. The number of amides is 1. The molecule has 1 amide bonds. The number of fused-ring (bicyclic) bond motifs is 1. The third-order valence-electron chi connectivity index (χ3n) is 3.85. The summed E-state index contributed by atoms with van der Waals surface area (Å²) < 4.78 is 0. The molecule has 0 saturated carbocycles. The van der Waals surface area contributed by atoms with Crippen molar-refractivity contribution in [2.75, 3.05) is 13.1 Å². The second kappa shape index (κ2) is 6.05. The summed E-state index contributed by atoms with van der Waals surface area (Å²) >= 11 is 6.02. The fourth-order valence-corrected chi connectivity index (χ4v) is 2.89. The molecule has 1 aromatic carbocycles. The number of rotatable bonds is 4. The average molecular weight is 308 g/mol. The predicted octanol–water partition coefficient (Wildman–Crippen LogP) is 1.20. The van der Waals surface area contributed by atoms with Gasteiger partial charge in [0.15, 0.2) is 0 Å². The second-order valence-electron chi connectivity index (χ2n) is 5.40. The number of aliphatic hydroxyl groups is 1. The van der Waals surface area contributed by atoms with Gasteiger partial charge in [0.2, 0.25) is 5.91 Å². The molecule has 3 rings (SSSR count). The van der Waals surface area contributed by atoms with Gasteiger partial charge in [0.1, 0.15) is 0 Å². The summed E-state index contributed by atoms with van der Waals surface area (Å²) in [7, 11) is 0. The Balaban J connectivity index is 1.57. The average Bonchev–Trinajstić information content (AvgIpc) is 3.05. The monoisotopic (exact) mass is 307 g/mol. The van der Waals surface area contributed by atoms with Crippen LogP contribution in [0.4, 0.5) is 0 Å². The SMILES string of the molecule is O=C(NCCc1c[nH]c2ccc(Cl)cc12)C1CC(O)CN1. The van der Waals surface area contributed by atoms with Gasteiger partial charge in [0.25, 0.3) is 0 Å². The van der Waals surface area contributed by atoms with Crippen LogP contribution in [0.25, 0.3) is 10.9 Å². The zero-order valence-electron chi connectivity index (χ0n) is 11.5. The quantitative estimate of drug-likeness (QED) is 0.685. The van der Waals surface area contributed by atoms with E-state index >= 15 is 0 Å². The van der Waals surface area contributed by atoms with E-state index in [1.807, 2.05) is 24.4 Å². The highest BCUT2D eigenvalue weighted by molar-refractivity contribution is 6.31. The third kappa shape index (κ3) is 3.20. The van der Waals surface area contributed by atoms with E-state index in [2.05, 4.69) is 15.6 Å². The number of aromatic nitrogens is 1. The molecule has 1 saturated heterocycles. The van der Waals surface area contributed by atoms with Crippen LogP contribution in [0.5, 0.6) is 0 Å². The molecular weight excluding hydrogens is 290 g/mol. The molecule has 0 radical (unpaired) electrons. The van der Waals surface area contributed by atoms with Crippen LogP contribution >= 0.6 is 11.6 Å². The molecule has 0 aliphatic carbocycles. The summed E-state index contributed by atoms with van der Waals surface area (Å²) in [5.74, 6) is -0.0515. The Morgan fingerprint density at radius 1 is 1.48 bits per heavy atom. The zero-order valence-corrected chi connectivity index (χ0v) is 12.3. The summed E-state index contributed by atoms with van der Waals surface area (Å²) in [6, 6.07) is 5.45. The van der Waals surface area contributed by atoms with E-state index in [1.54, 1.807) is 0 Å². The van der Waals surface area contributed by atoms with Crippen molar-refractivity contribution >= 4 is 28.4 Å². The first-order valence-electron chi connectivity index (χ1n) is 7.08. The zero-order chi connectivity index (χ0) is 14.8. The number of halogens is 1. The highest BCUT2D eigenvalue weighted by Crippen LogP contribution is 2.22. The van der Waals surface area contributed by atoms with Gasteiger partial charge >= 0.3 is 0 Å². The van der Waals surface area contributed by atoms with E-state index in [0.717, 1.165) is 22.9 Å². The molecule has 112 valence electrons. The third-order valence-corrected chi connectivity index (χ3v) is 4.08. The molecule has 1 fully saturated rings.